The molecule has 1 saturated heterocycles. The van der Waals surface area contributed by atoms with Gasteiger partial charge in [0.25, 0.3) is 12.0 Å². The van der Waals surface area contributed by atoms with Gasteiger partial charge in [-0.2, -0.15) is 14.7 Å². The molecule has 1 atom stereocenters. The van der Waals surface area contributed by atoms with E-state index in [4.69, 9.17) is 14.6 Å². The van der Waals surface area contributed by atoms with Gasteiger partial charge in [-0.15, -0.1) is 0 Å². The highest BCUT2D eigenvalue weighted by Gasteiger charge is 2.43. The molecule has 2 fully saturated rings. The number of nitrogens with one attached hydrogen (secondary N) is 1. The standard InChI is InChI=1S/C17H19N7O3S.CH2O2/c25-13-5-11(18-16-24(13)21-14(28-16)10-1-2-10)6-22-4-3-17(8-22)9-23-12(7-27-17)19-20-15(23)26;2-1-3/h5,10H,1-4,6-9H2,(H,20,26);1H,(H,2,3). The van der Waals surface area contributed by atoms with Crippen LogP contribution in [0, 0.1) is 0 Å². The molecular formula is C18H21N7O5S. The smallest absolute Gasteiger partial charge is 0.343 e. The Kier molecular flexibility index (Phi) is 4.95. The van der Waals surface area contributed by atoms with E-state index in [0.29, 0.717) is 42.9 Å². The lowest BCUT2D eigenvalue weighted by molar-refractivity contribution is -0.122. The summed E-state index contributed by atoms with van der Waals surface area (Å²) in [5.74, 6) is 1.15. The summed E-state index contributed by atoms with van der Waals surface area (Å²) < 4.78 is 9.17. The van der Waals surface area contributed by atoms with Crippen molar-refractivity contribution in [1.29, 1.82) is 0 Å². The van der Waals surface area contributed by atoms with E-state index in [1.54, 1.807) is 10.6 Å². The van der Waals surface area contributed by atoms with Crippen molar-refractivity contribution < 1.29 is 14.6 Å². The summed E-state index contributed by atoms with van der Waals surface area (Å²) in [5, 5.41) is 18.8. The van der Waals surface area contributed by atoms with Gasteiger partial charge in [0, 0.05) is 31.6 Å². The molecule has 164 valence electrons. The summed E-state index contributed by atoms with van der Waals surface area (Å²) in [6, 6.07) is 1.58. The first-order valence-electron chi connectivity index (χ1n) is 9.98. The van der Waals surface area contributed by atoms with E-state index >= 15 is 0 Å². The molecule has 2 N–H and O–H groups in total. The number of ether oxygens (including phenoxy) is 1. The van der Waals surface area contributed by atoms with Crippen LogP contribution >= 0.6 is 11.3 Å². The zero-order valence-electron chi connectivity index (χ0n) is 16.6. The number of hydrogen-bond donors (Lipinski definition) is 2. The minimum Gasteiger partial charge on any atom is -0.483 e. The van der Waals surface area contributed by atoms with Crippen molar-refractivity contribution in [3.63, 3.8) is 0 Å². The van der Waals surface area contributed by atoms with E-state index in [-0.39, 0.29) is 23.3 Å². The summed E-state index contributed by atoms with van der Waals surface area (Å²) in [7, 11) is 0. The average molecular weight is 447 g/mol. The van der Waals surface area contributed by atoms with Crippen LogP contribution < -0.4 is 11.2 Å². The number of likely N-dealkylation sites (tertiary alicyclic amines) is 1. The molecule has 2 aliphatic heterocycles. The number of hydrogen-bond acceptors (Lipinski definition) is 9. The van der Waals surface area contributed by atoms with Gasteiger partial charge in [0.05, 0.1) is 12.2 Å². The maximum Gasteiger partial charge on any atom is 0.343 e. The van der Waals surface area contributed by atoms with Crippen LogP contribution in [0.4, 0.5) is 0 Å². The normalized spacial score (nSPS) is 23.0. The van der Waals surface area contributed by atoms with E-state index in [0.717, 1.165) is 36.5 Å². The Balaban J connectivity index is 0.000000646. The number of aromatic nitrogens is 6. The number of fused-ring (bicyclic) bond motifs is 2. The summed E-state index contributed by atoms with van der Waals surface area (Å²) in [4.78, 5) is 40.3. The predicted octanol–water partition coefficient (Wildman–Crippen LogP) is -0.211. The fourth-order valence-electron chi connectivity index (χ4n) is 4.16. The molecule has 12 nitrogen and oxygen atoms in total. The lowest BCUT2D eigenvalue weighted by Crippen LogP contribution is -2.46. The molecule has 1 unspecified atom stereocenters. The zero-order valence-corrected chi connectivity index (χ0v) is 17.4. The van der Waals surface area contributed by atoms with Gasteiger partial charge in [-0.1, -0.05) is 11.3 Å². The van der Waals surface area contributed by atoms with Gasteiger partial charge in [-0.05, 0) is 19.3 Å². The van der Waals surface area contributed by atoms with Gasteiger partial charge < -0.3 is 9.84 Å². The first-order chi connectivity index (χ1) is 15.0. The van der Waals surface area contributed by atoms with Gasteiger partial charge in [-0.3, -0.25) is 19.1 Å². The Labute approximate surface area is 179 Å². The fraction of sp³-hybridized carbons (Fsp3) is 0.556. The van der Waals surface area contributed by atoms with Crippen molar-refractivity contribution in [3.05, 3.63) is 43.4 Å². The van der Waals surface area contributed by atoms with Crippen molar-refractivity contribution in [2.24, 2.45) is 0 Å². The van der Waals surface area contributed by atoms with Gasteiger partial charge in [0.15, 0.2) is 5.82 Å². The van der Waals surface area contributed by atoms with E-state index in [2.05, 4.69) is 25.2 Å². The van der Waals surface area contributed by atoms with Crippen molar-refractivity contribution in [2.75, 3.05) is 13.1 Å². The maximum atomic E-state index is 12.4. The zero-order chi connectivity index (χ0) is 21.6. The maximum absolute atomic E-state index is 12.4. The Morgan fingerprint density at radius 3 is 2.94 bits per heavy atom. The van der Waals surface area contributed by atoms with Gasteiger partial charge in [-0.25, -0.2) is 14.9 Å². The number of H-pyrrole nitrogens is 1. The number of carboxylic acid groups (broad SMARTS) is 1. The lowest BCUT2D eigenvalue weighted by Gasteiger charge is -2.33. The molecule has 1 saturated carbocycles. The third-order valence-corrected chi connectivity index (χ3v) is 6.88. The largest absolute Gasteiger partial charge is 0.483 e. The van der Waals surface area contributed by atoms with Crippen LogP contribution in [0.2, 0.25) is 0 Å². The molecule has 3 aliphatic rings. The van der Waals surface area contributed by atoms with Crippen LogP contribution in [-0.2, 0) is 29.2 Å². The molecule has 3 aromatic rings. The number of rotatable bonds is 3. The quantitative estimate of drug-likeness (QED) is 0.520. The second-order valence-electron chi connectivity index (χ2n) is 8.06. The van der Waals surface area contributed by atoms with E-state index in [1.807, 2.05) is 0 Å². The van der Waals surface area contributed by atoms with Crippen LogP contribution in [0.1, 0.15) is 41.7 Å². The van der Waals surface area contributed by atoms with Crippen LogP contribution in [0.3, 0.4) is 0 Å². The number of carbonyl (C=O) groups is 1. The molecule has 5 heterocycles. The highest BCUT2D eigenvalue weighted by molar-refractivity contribution is 7.16. The second-order valence-corrected chi connectivity index (χ2v) is 9.05. The number of nitrogens with zero attached hydrogens (tertiary/aromatic N) is 6. The summed E-state index contributed by atoms with van der Waals surface area (Å²) in [6.07, 6.45) is 3.13. The molecule has 0 bridgehead atoms. The minimum atomic E-state index is -0.385. The van der Waals surface area contributed by atoms with E-state index in [1.165, 1.54) is 15.9 Å². The molecule has 31 heavy (non-hydrogen) atoms. The van der Waals surface area contributed by atoms with Crippen molar-refractivity contribution in [2.45, 2.75) is 50.5 Å². The van der Waals surface area contributed by atoms with E-state index in [9.17, 15) is 9.59 Å². The Bertz CT molecular complexity index is 1240. The van der Waals surface area contributed by atoms with Crippen molar-refractivity contribution >= 4 is 22.8 Å². The number of aromatic amines is 1. The van der Waals surface area contributed by atoms with Crippen LogP contribution in [0.15, 0.2) is 15.7 Å². The molecule has 0 aromatic carbocycles. The van der Waals surface area contributed by atoms with Crippen molar-refractivity contribution in [1.82, 2.24) is 34.3 Å². The SMILES string of the molecule is O=CO.O=c1[nH]nc2n1CC1(CCN(Cc3cc(=O)n4nc(C5CC5)sc4n3)C1)OC2. The summed E-state index contributed by atoms with van der Waals surface area (Å²) in [5.41, 5.74) is 0.0576. The molecule has 1 aliphatic carbocycles. The average Bonchev–Trinajstić information content (AvgIpc) is 3.24. The van der Waals surface area contributed by atoms with Crippen molar-refractivity contribution in [3.8, 4) is 0 Å². The Morgan fingerprint density at radius 2 is 2.16 bits per heavy atom. The molecule has 13 heteroatoms. The summed E-state index contributed by atoms with van der Waals surface area (Å²) in [6.45, 7) is 2.70. The Hall–Kier alpha value is -2.90. The Morgan fingerprint density at radius 1 is 1.35 bits per heavy atom. The monoisotopic (exact) mass is 447 g/mol. The van der Waals surface area contributed by atoms with Crippen LogP contribution in [0.5, 0.6) is 0 Å². The molecule has 3 aromatic heterocycles. The third-order valence-electron chi connectivity index (χ3n) is 5.81. The highest BCUT2D eigenvalue weighted by atomic mass is 32.1. The topological polar surface area (TPSA) is 148 Å². The van der Waals surface area contributed by atoms with Gasteiger partial charge in [0.2, 0.25) is 4.96 Å². The van der Waals surface area contributed by atoms with Crippen LogP contribution in [-0.4, -0.2) is 64.5 Å². The first-order valence-corrected chi connectivity index (χ1v) is 10.8. The molecule has 1 spiro atoms. The molecule has 0 amide bonds. The van der Waals surface area contributed by atoms with E-state index < -0.39 is 0 Å². The van der Waals surface area contributed by atoms with Gasteiger partial charge in [0.1, 0.15) is 17.2 Å². The third kappa shape index (κ3) is 3.79. The second kappa shape index (κ2) is 7.66. The fourth-order valence-corrected chi connectivity index (χ4v) is 5.25. The van der Waals surface area contributed by atoms with Gasteiger partial charge >= 0.3 is 5.69 Å². The van der Waals surface area contributed by atoms with Crippen LogP contribution in [0.25, 0.3) is 4.96 Å². The molecule has 0 radical (unpaired) electrons. The molecular weight excluding hydrogens is 426 g/mol. The highest BCUT2D eigenvalue weighted by Crippen LogP contribution is 2.41. The predicted molar refractivity (Wildman–Crippen MR) is 108 cm³/mol. The first kappa shape index (κ1) is 20.0. The minimum absolute atomic E-state index is 0.124. The molecule has 6 rings (SSSR count). The lowest BCUT2D eigenvalue weighted by atomic mass is 10.0. The summed E-state index contributed by atoms with van der Waals surface area (Å²) >= 11 is 1.52.